The highest BCUT2D eigenvalue weighted by Gasteiger charge is 2.48. The van der Waals surface area contributed by atoms with Gasteiger partial charge in [0.1, 0.15) is 12.3 Å². The summed E-state index contributed by atoms with van der Waals surface area (Å²) in [6, 6.07) is 11.9. The van der Waals surface area contributed by atoms with Crippen LogP contribution in [0.15, 0.2) is 60.8 Å². The average molecular weight is 537 g/mol. The second-order valence-electron chi connectivity index (χ2n) is 10.2. The van der Waals surface area contributed by atoms with Gasteiger partial charge in [0.2, 0.25) is 5.91 Å². The first-order valence-corrected chi connectivity index (χ1v) is 13.7. The molecule has 5 atom stereocenters. The van der Waals surface area contributed by atoms with Crippen molar-refractivity contribution in [1.29, 1.82) is 0 Å². The number of carbonyl (C=O) groups excluding carboxylic acids is 3. The van der Waals surface area contributed by atoms with Crippen LogP contribution in [0.25, 0.3) is 10.8 Å². The number of hydrogen-bond acceptors (Lipinski definition) is 7. The molecule has 0 bridgehead atoms. The molecule has 0 aliphatic carbocycles. The molecule has 8 nitrogen and oxygen atoms in total. The maximum Gasteiger partial charge on any atom is 0.410 e. The van der Waals surface area contributed by atoms with Crippen LogP contribution in [0.5, 0.6) is 0 Å². The van der Waals surface area contributed by atoms with Crippen molar-refractivity contribution >= 4 is 40.8 Å². The van der Waals surface area contributed by atoms with Gasteiger partial charge in [-0.1, -0.05) is 49.9 Å². The Balaban J connectivity index is 1.29. The Hall–Kier alpha value is -3.30. The molecule has 1 N–H and O–H groups in total. The average Bonchev–Trinajstić information content (AvgIpc) is 3.42. The number of ether oxygens (including phenoxy) is 1. The lowest BCUT2D eigenvalue weighted by atomic mass is 9.94. The van der Waals surface area contributed by atoms with Crippen molar-refractivity contribution in [2.45, 2.75) is 56.5 Å². The van der Waals surface area contributed by atoms with Crippen LogP contribution in [0.3, 0.4) is 0 Å². The van der Waals surface area contributed by atoms with E-state index in [2.05, 4.69) is 6.58 Å². The summed E-state index contributed by atoms with van der Waals surface area (Å²) in [5.74, 6) is -0.450. The molecular weight excluding hydrogens is 504 g/mol. The molecule has 2 unspecified atom stereocenters. The molecule has 0 aromatic heterocycles. The van der Waals surface area contributed by atoms with Crippen molar-refractivity contribution in [2.24, 2.45) is 5.92 Å². The number of hydrogen-bond donors (Lipinski definition) is 1. The number of aliphatic hydroxyl groups excluding tert-OH is 1. The summed E-state index contributed by atoms with van der Waals surface area (Å²) >= 11 is 1.05. The minimum absolute atomic E-state index is 0.0541. The lowest BCUT2D eigenvalue weighted by Crippen LogP contribution is -2.51. The van der Waals surface area contributed by atoms with Gasteiger partial charge >= 0.3 is 12.1 Å². The maximum absolute atomic E-state index is 12.9. The highest BCUT2D eigenvalue weighted by Crippen LogP contribution is 2.39. The van der Waals surface area contributed by atoms with E-state index in [1.54, 1.807) is 17.9 Å². The van der Waals surface area contributed by atoms with E-state index < -0.39 is 18.2 Å². The molecule has 2 aromatic carbocycles. The number of carbonyl (C=O) groups is 3. The number of β-lactam (4-membered cyclic amide) rings is 1. The van der Waals surface area contributed by atoms with Gasteiger partial charge in [0.05, 0.1) is 29.4 Å². The predicted octanol–water partition coefficient (Wildman–Crippen LogP) is 4.53. The number of fused-ring (bicyclic) bond motifs is 2. The summed E-state index contributed by atoms with van der Waals surface area (Å²) in [5, 5.41) is 11.9. The molecule has 2 saturated heterocycles. The van der Waals surface area contributed by atoms with Gasteiger partial charge in [-0.3, -0.25) is 4.79 Å². The van der Waals surface area contributed by atoms with Crippen molar-refractivity contribution in [3.8, 4) is 0 Å². The fraction of sp³-hybridized carbons (Fsp3) is 0.414. The lowest BCUT2D eigenvalue weighted by Gasteiger charge is -2.37. The maximum atomic E-state index is 12.9. The molecule has 9 heteroatoms. The van der Waals surface area contributed by atoms with Crippen LogP contribution in [0.1, 0.15) is 43.9 Å². The Morgan fingerprint density at radius 3 is 2.84 bits per heavy atom. The highest BCUT2D eigenvalue weighted by atomic mass is 32.2. The van der Waals surface area contributed by atoms with E-state index in [0.29, 0.717) is 31.5 Å². The number of rotatable bonds is 8. The quantitative estimate of drug-likeness (QED) is 0.301. The molecule has 2 amide bonds. The van der Waals surface area contributed by atoms with Gasteiger partial charge in [0.25, 0.3) is 0 Å². The molecule has 0 radical (unpaired) electrons. The van der Waals surface area contributed by atoms with Crippen LogP contribution in [0.2, 0.25) is 0 Å². The van der Waals surface area contributed by atoms with Crippen molar-refractivity contribution in [3.05, 3.63) is 72.0 Å². The molecule has 38 heavy (non-hydrogen) atoms. The summed E-state index contributed by atoms with van der Waals surface area (Å²) in [6.45, 7) is 7.84. The van der Waals surface area contributed by atoms with Crippen molar-refractivity contribution < 1.29 is 28.4 Å². The van der Waals surface area contributed by atoms with E-state index in [1.807, 2.05) is 43.3 Å². The number of nitrogens with zero attached hydrogens (tertiary/aromatic N) is 2. The van der Waals surface area contributed by atoms with Gasteiger partial charge in [-0.15, -0.1) is 0 Å². The van der Waals surface area contributed by atoms with E-state index >= 15 is 0 Å². The summed E-state index contributed by atoms with van der Waals surface area (Å²) < 4.78 is 10.9. The zero-order chi connectivity index (χ0) is 27.0. The Labute approximate surface area is 226 Å². The van der Waals surface area contributed by atoms with E-state index in [0.717, 1.165) is 33.9 Å². The van der Waals surface area contributed by atoms with Crippen molar-refractivity contribution in [1.82, 2.24) is 9.80 Å². The zero-order valence-corrected chi connectivity index (χ0v) is 22.4. The minimum Gasteiger partial charge on any atom is -0.445 e. The summed E-state index contributed by atoms with van der Waals surface area (Å²) in [7, 11) is 0. The molecule has 2 fully saturated rings. The number of aliphatic hydroxyl groups is 1. The van der Waals surface area contributed by atoms with Gasteiger partial charge < -0.3 is 23.8 Å². The zero-order valence-electron chi connectivity index (χ0n) is 21.5. The molecule has 0 spiro atoms. The SMILES string of the molecule is C=CCOC(=O)N1C[C@@H](SOC(=O)C2=C[C@@H](C)[C@@H]3CC(=O)N23)CC1Cc1cccc2cc(C(C)O)ccc12. The Morgan fingerprint density at radius 1 is 1.29 bits per heavy atom. The minimum atomic E-state index is -0.554. The molecular formula is C29H32N2O6S. The van der Waals surface area contributed by atoms with Crippen LogP contribution in [-0.4, -0.2) is 63.4 Å². The van der Waals surface area contributed by atoms with Crippen LogP contribution >= 0.6 is 12.0 Å². The van der Waals surface area contributed by atoms with Crippen LogP contribution < -0.4 is 0 Å². The number of benzene rings is 2. The lowest BCUT2D eigenvalue weighted by molar-refractivity contribution is -0.147. The predicted molar refractivity (Wildman–Crippen MR) is 145 cm³/mol. The van der Waals surface area contributed by atoms with Gasteiger partial charge in [0.15, 0.2) is 0 Å². The molecule has 3 aliphatic rings. The third-order valence-corrected chi connectivity index (χ3v) is 8.47. The second kappa shape index (κ2) is 10.8. The Kier molecular flexibility index (Phi) is 7.49. The smallest absolute Gasteiger partial charge is 0.410 e. The molecule has 0 saturated carbocycles. The third-order valence-electron chi connectivity index (χ3n) is 7.61. The normalized spacial score (nSPS) is 25.0. The number of likely N-dealkylation sites (tertiary alicyclic amines) is 1. The first kappa shape index (κ1) is 26.3. The topological polar surface area (TPSA) is 96.4 Å². The summed E-state index contributed by atoms with van der Waals surface area (Å²) in [5.41, 5.74) is 2.25. The first-order chi connectivity index (χ1) is 18.3. The Bertz CT molecular complexity index is 1310. The largest absolute Gasteiger partial charge is 0.445 e. The van der Waals surface area contributed by atoms with Gasteiger partial charge in [-0.05, 0) is 59.7 Å². The van der Waals surface area contributed by atoms with Gasteiger partial charge in [-0.2, -0.15) is 0 Å². The van der Waals surface area contributed by atoms with Crippen LogP contribution in [-0.2, 0) is 24.9 Å². The van der Waals surface area contributed by atoms with E-state index in [-0.39, 0.29) is 35.8 Å². The van der Waals surface area contributed by atoms with Gasteiger partial charge in [-0.25, -0.2) is 9.59 Å². The molecule has 200 valence electrons. The summed E-state index contributed by atoms with van der Waals surface area (Å²) in [6.07, 6.45) is 4.03. The standard InChI is InChI=1S/C29H32N2O6S/c1-4-10-36-29(35)30-16-23(38-37-28(34)26-11-17(2)25-15-27(33)31(25)26)14-22(30)13-21-7-5-6-20-12-19(18(3)32)8-9-24(20)21/h4-9,11-12,17-18,22-23,25,32H,1,10,13-16H2,2-3H3/t17-,18?,22?,23+,25+/m1/s1. The van der Waals surface area contributed by atoms with E-state index in [9.17, 15) is 19.5 Å². The number of amides is 2. The molecule has 2 aromatic rings. The molecule has 3 aliphatic heterocycles. The van der Waals surface area contributed by atoms with E-state index in [4.69, 9.17) is 8.92 Å². The fourth-order valence-electron chi connectivity index (χ4n) is 5.57. The van der Waals surface area contributed by atoms with E-state index in [1.165, 1.54) is 11.0 Å². The first-order valence-electron chi connectivity index (χ1n) is 12.9. The fourth-order valence-corrected chi connectivity index (χ4v) is 6.40. The Morgan fingerprint density at radius 2 is 2.11 bits per heavy atom. The van der Waals surface area contributed by atoms with Crippen LogP contribution in [0, 0.1) is 5.92 Å². The van der Waals surface area contributed by atoms with Crippen molar-refractivity contribution in [3.63, 3.8) is 0 Å². The third kappa shape index (κ3) is 5.05. The summed E-state index contributed by atoms with van der Waals surface area (Å²) in [4.78, 5) is 40.9. The molecule has 5 rings (SSSR count). The molecule has 3 heterocycles. The van der Waals surface area contributed by atoms with Crippen molar-refractivity contribution in [2.75, 3.05) is 13.2 Å². The van der Waals surface area contributed by atoms with Crippen LogP contribution in [0.4, 0.5) is 4.79 Å². The second-order valence-corrected chi connectivity index (χ2v) is 11.2. The highest BCUT2D eigenvalue weighted by molar-refractivity contribution is 7.95. The van der Waals surface area contributed by atoms with Gasteiger partial charge in [0, 0.05) is 19.0 Å². The monoisotopic (exact) mass is 536 g/mol.